The first-order chi connectivity index (χ1) is 17.0. The van der Waals surface area contributed by atoms with Crippen molar-refractivity contribution in [2.45, 2.75) is 32.6 Å². The number of hydrogen-bond donors (Lipinski definition) is 0. The molecule has 176 valence electrons. The van der Waals surface area contributed by atoms with E-state index in [0.717, 1.165) is 36.8 Å². The summed E-state index contributed by atoms with van der Waals surface area (Å²) in [5, 5.41) is 0.607. The average Bonchev–Trinajstić information content (AvgIpc) is 3.56. The molecule has 9 heteroatoms. The van der Waals surface area contributed by atoms with Gasteiger partial charge in [0.25, 0.3) is 11.1 Å². The number of thiazole rings is 1. The number of aryl methyl sites for hydroxylation is 2. The Balaban J connectivity index is 1.40. The number of ether oxygens (including phenoxy) is 1. The zero-order chi connectivity index (χ0) is 24.1. The Morgan fingerprint density at radius 1 is 1.11 bits per heavy atom. The van der Waals surface area contributed by atoms with Gasteiger partial charge in [0.2, 0.25) is 4.96 Å². The first-order valence-electron chi connectivity index (χ1n) is 11.4. The molecule has 4 heterocycles. The quantitative estimate of drug-likeness (QED) is 0.341. The molecule has 0 saturated heterocycles. The smallest absolute Gasteiger partial charge is 0.338 e. The highest BCUT2D eigenvalue weighted by Crippen LogP contribution is 2.34. The lowest BCUT2D eigenvalue weighted by atomic mass is 9.97. The maximum atomic E-state index is 13.3. The summed E-state index contributed by atoms with van der Waals surface area (Å²) in [5.41, 5.74) is 1.90. The van der Waals surface area contributed by atoms with Crippen molar-refractivity contribution in [3.8, 4) is 11.3 Å². The Hall–Kier alpha value is -3.56. The standard InChI is InChI=1S/C26H20N2O5S2/c1-2-32-25(31)15-9-7-14(8-10-15)18-12-11-16(33-18)13-20-23(30)28-24-21(22(29)27-26(28)35-20)17-5-3-4-6-19(17)34-24/h7-13H,2-6H2,1H3/b20-13-. The van der Waals surface area contributed by atoms with Gasteiger partial charge in [0.1, 0.15) is 20.9 Å². The van der Waals surface area contributed by atoms with Crippen LogP contribution in [0.4, 0.5) is 0 Å². The Kier molecular flexibility index (Phi) is 5.38. The summed E-state index contributed by atoms with van der Waals surface area (Å²) in [6.07, 6.45) is 5.66. The topological polar surface area (TPSA) is 90.9 Å². The van der Waals surface area contributed by atoms with E-state index < -0.39 is 0 Å². The molecular weight excluding hydrogens is 484 g/mol. The van der Waals surface area contributed by atoms with Crippen LogP contribution in [0.1, 0.15) is 46.3 Å². The summed E-state index contributed by atoms with van der Waals surface area (Å²) in [4.78, 5) is 44.5. The van der Waals surface area contributed by atoms with Crippen LogP contribution in [0.15, 0.2) is 50.4 Å². The average molecular weight is 505 g/mol. The fourth-order valence-electron chi connectivity index (χ4n) is 4.50. The lowest BCUT2D eigenvalue weighted by Gasteiger charge is -2.09. The molecule has 0 fully saturated rings. The van der Waals surface area contributed by atoms with Crippen molar-refractivity contribution < 1.29 is 13.9 Å². The fourth-order valence-corrected chi connectivity index (χ4v) is 6.88. The number of nitrogens with zero attached hydrogens (tertiary/aromatic N) is 2. The van der Waals surface area contributed by atoms with Gasteiger partial charge in [-0.1, -0.05) is 23.5 Å². The first kappa shape index (κ1) is 21.9. The van der Waals surface area contributed by atoms with Crippen molar-refractivity contribution in [3.05, 3.63) is 83.4 Å². The third-order valence-corrected chi connectivity index (χ3v) is 8.40. The minimum atomic E-state index is -0.367. The summed E-state index contributed by atoms with van der Waals surface area (Å²) in [6, 6.07) is 10.6. The maximum absolute atomic E-state index is 13.3. The van der Waals surface area contributed by atoms with E-state index >= 15 is 0 Å². The van der Waals surface area contributed by atoms with Gasteiger partial charge in [0.05, 0.1) is 17.6 Å². The first-order valence-corrected chi connectivity index (χ1v) is 13.1. The van der Waals surface area contributed by atoms with Crippen LogP contribution in [0, 0.1) is 0 Å². The Morgan fingerprint density at radius 2 is 1.91 bits per heavy atom. The molecule has 6 rings (SSSR count). The maximum Gasteiger partial charge on any atom is 0.338 e. The van der Waals surface area contributed by atoms with Crippen LogP contribution in [0.25, 0.3) is 32.6 Å². The molecular formula is C26H20N2O5S2. The Morgan fingerprint density at radius 3 is 2.71 bits per heavy atom. The number of benzene rings is 1. The van der Waals surface area contributed by atoms with Gasteiger partial charge >= 0.3 is 5.97 Å². The van der Waals surface area contributed by atoms with Crippen molar-refractivity contribution in [2.75, 3.05) is 6.61 Å². The Bertz CT molecular complexity index is 1770. The minimum absolute atomic E-state index is 0.196. The molecule has 0 amide bonds. The van der Waals surface area contributed by atoms with Gasteiger partial charge in [0, 0.05) is 16.5 Å². The molecule has 35 heavy (non-hydrogen) atoms. The zero-order valence-electron chi connectivity index (χ0n) is 18.8. The van der Waals surface area contributed by atoms with Crippen molar-refractivity contribution in [1.29, 1.82) is 0 Å². The summed E-state index contributed by atoms with van der Waals surface area (Å²) in [6.45, 7) is 2.09. The molecule has 0 spiro atoms. The van der Waals surface area contributed by atoms with Gasteiger partial charge in [0.15, 0.2) is 0 Å². The fraction of sp³-hybridized carbons (Fsp3) is 0.231. The van der Waals surface area contributed by atoms with Gasteiger partial charge in [-0.15, -0.1) is 11.3 Å². The van der Waals surface area contributed by atoms with Gasteiger partial charge in [-0.2, -0.15) is 4.98 Å². The third kappa shape index (κ3) is 3.71. The molecule has 1 aliphatic rings. The predicted molar refractivity (Wildman–Crippen MR) is 137 cm³/mol. The summed E-state index contributed by atoms with van der Waals surface area (Å²) < 4.78 is 13.0. The molecule has 1 aromatic carbocycles. The lowest BCUT2D eigenvalue weighted by Crippen LogP contribution is -2.24. The van der Waals surface area contributed by atoms with Gasteiger partial charge < -0.3 is 9.15 Å². The highest BCUT2D eigenvalue weighted by atomic mass is 32.1. The molecule has 0 atom stereocenters. The number of rotatable bonds is 4. The van der Waals surface area contributed by atoms with E-state index in [9.17, 15) is 14.4 Å². The molecule has 0 unspecified atom stereocenters. The summed E-state index contributed by atoms with van der Waals surface area (Å²) in [7, 11) is 0. The number of aromatic nitrogens is 2. The van der Waals surface area contributed by atoms with E-state index in [1.165, 1.54) is 16.2 Å². The highest BCUT2D eigenvalue weighted by Gasteiger charge is 2.22. The van der Waals surface area contributed by atoms with Crippen molar-refractivity contribution >= 4 is 49.9 Å². The second kappa shape index (κ2) is 8.58. The molecule has 7 nitrogen and oxygen atoms in total. The summed E-state index contributed by atoms with van der Waals surface area (Å²) >= 11 is 2.73. The molecule has 0 saturated carbocycles. The van der Waals surface area contributed by atoms with Gasteiger partial charge in [-0.25, -0.2) is 9.20 Å². The van der Waals surface area contributed by atoms with Gasteiger partial charge in [-0.05, 0) is 62.4 Å². The molecule has 5 aromatic rings. The van der Waals surface area contributed by atoms with E-state index in [-0.39, 0.29) is 17.1 Å². The predicted octanol–water partition coefficient (Wildman–Crippen LogP) is 4.19. The monoisotopic (exact) mass is 504 g/mol. The van der Waals surface area contributed by atoms with Crippen LogP contribution >= 0.6 is 22.7 Å². The summed E-state index contributed by atoms with van der Waals surface area (Å²) in [5.74, 6) is 0.761. The number of fused-ring (bicyclic) bond motifs is 5. The number of furan rings is 1. The van der Waals surface area contributed by atoms with Crippen LogP contribution in [0.3, 0.4) is 0 Å². The van der Waals surface area contributed by atoms with Crippen molar-refractivity contribution in [1.82, 2.24) is 9.38 Å². The Labute approximate surface area is 206 Å². The van der Waals surface area contributed by atoms with E-state index in [4.69, 9.17) is 9.15 Å². The zero-order valence-corrected chi connectivity index (χ0v) is 20.5. The number of esters is 1. The van der Waals surface area contributed by atoms with Crippen LogP contribution in [-0.2, 0) is 17.6 Å². The second-order valence-electron chi connectivity index (χ2n) is 8.34. The number of carbonyl (C=O) groups excluding carboxylic acids is 1. The van der Waals surface area contributed by atoms with E-state index in [2.05, 4.69) is 4.98 Å². The number of hydrogen-bond acceptors (Lipinski definition) is 8. The molecule has 0 bridgehead atoms. The van der Waals surface area contributed by atoms with Crippen molar-refractivity contribution in [2.24, 2.45) is 0 Å². The molecule has 0 aliphatic heterocycles. The molecule has 4 aromatic heterocycles. The molecule has 1 aliphatic carbocycles. The second-order valence-corrected chi connectivity index (χ2v) is 10.4. The lowest BCUT2D eigenvalue weighted by molar-refractivity contribution is 0.0526. The normalized spacial score (nSPS) is 14.0. The van der Waals surface area contributed by atoms with Crippen LogP contribution in [-0.4, -0.2) is 22.0 Å². The SMILES string of the molecule is CCOC(=O)c1ccc(-c2ccc(/C=c3\sc4nc(=O)c5c6c(sc5n4c3=O)CCCC6)o2)cc1. The molecule has 0 N–H and O–H groups in total. The van der Waals surface area contributed by atoms with E-state index in [0.29, 0.717) is 43.4 Å². The van der Waals surface area contributed by atoms with E-state index in [1.54, 1.807) is 59.1 Å². The van der Waals surface area contributed by atoms with E-state index in [1.807, 2.05) is 6.07 Å². The van der Waals surface area contributed by atoms with Crippen molar-refractivity contribution in [3.63, 3.8) is 0 Å². The number of carbonyl (C=O) groups is 1. The third-order valence-electron chi connectivity index (χ3n) is 6.15. The van der Waals surface area contributed by atoms with Gasteiger partial charge in [-0.3, -0.25) is 9.59 Å². The van der Waals surface area contributed by atoms with Crippen LogP contribution < -0.4 is 15.7 Å². The number of thiophene rings is 1. The highest BCUT2D eigenvalue weighted by molar-refractivity contribution is 7.19. The molecule has 0 radical (unpaired) electrons. The minimum Gasteiger partial charge on any atom is -0.462 e. The van der Waals surface area contributed by atoms with Crippen LogP contribution in [0.2, 0.25) is 0 Å². The largest absolute Gasteiger partial charge is 0.462 e. The van der Waals surface area contributed by atoms with Crippen LogP contribution in [0.5, 0.6) is 0 Å².